The van der Waals surface area contributed by atoms with Gasteiger partial charge in [0, 0.05) is 29.2 Å². The summed E-state index contributed by atoms with van der Waals surface area (Å²) in [5.41, 5.74) is 7.78. The fraction of sp³-hybridized carbons (Fsp3) is 0.438. The summed E-state index contributed by atoms with van der Waals surface area (Å²) < 4.78 is 0. The van der Waals surface area contributed by atoms with Gasteiger partial charge in [-0.3, -0.25) is 4.79 Å². The van der Waals surface area contributed by atoms with Crippen molar-refractivity contribution in [3.63, 3.8) is 0 Å². The number of hydrogen-bond donors (Lipinski definition) is 3. The molecule has 20 heavy (non-hydrogen) atoms. The van der Waals surface area contributed by atoms with Crippen LogP contribution < -0.4 is 11.1 Å². The molecule has 0 radical (unpaired) electrons. The summed E-state index contributed by atoms with van der Waals surface area (Å²) in [6.45, 7) is 6.28. The number of benzene rings is 1. The summed E-state index contributed by atoms with van der Waals surface area (Å²) in [6, 6.07) is 8.10. The summed E-state index contributed by atoms with van der Waals surface area (Å²) in [4.78, 5) is 15.5. The number of carbonyl (C=O) groups excluding carboxylic acids is 1. The van der Waals surface area contributed by atoms with E-state index in [0.29, 0.717) is 13.0 Å². The van der Waals surface area contributed by atoms with E-state index in [9.17, 15) is 4.79 Å². The van der Waals surface area contributed by atoms with Gasteiger partial charge in [0.1, 0.15) is 0 Å². The Balaban J connectivity index is 2.16. The van der Waals surface area contributed by atoms with Crippen LogP contribution in [-0.4, -0.2) is 23.0 Å². The zero-order chi connectivity index (χ0) is 14.8. The van der Waals surface area contributed by atoms with Gasteiger partial charge in [0.25, 0.3) is 0 Å². The van der Waals surface area contributed by atoms with E-state index in [0.717, 1.165) is 16.5 Å². The number of nitrogens with one attached hydrogen (secondary N) is 2. The van der Waals surface area contributed by atoms with Crippen molar-refractivity contribution in [3.8, 4) is 0 Å². The van der Waals surface area contributed by atoms with Crippen molar-refractivity contribution in [2.45, 2.75) is 32.7 Å². The van der Waals surface area contributed by atoms with Gasteiger partial charge in [-0.1, -0.05) is 18.2 Å². The smallest absolute Gasteiger partial charge is 0.225 e. The highest BCUT2D eigenvalue weighted by molar-refractivity contribution is 5.85. The molecule has 0 aliphatic heterocycles. The minimum atomic E-state index is -0.231. The average molecular weight is 273 g/mol. The molecule has 0 fully saturated rings. The minimum absolute atomic E-state index is 0.0188. The Morgan fingerprint density at radius 2 is 2.05 bits per heavy atom. The van der Waals surface area contributed by atoms with Crippen LogP contribution in [0, 0.1) is 5.92 Å². The second-order valence-electron chi connectivity index (χ2n) is 6.24. The van der Waals surface area contributed by atoms with Crippen molar-refractivity contribution in [2.75, 3.05) is 6.54 Å². The highest BCUT2D eigenvalue weighted by atomic mass is 16.2. The number of carbonyl (C=O) groups is 1. The van der Waals surface area contributed by atoms with Crippen LogP contribution in [-0.2, 0) is 11.2 Å². The van der Waals surface area contributed by atoms with Gasteiger partial charge < -0.3 is 16.0 Å². The van der Waals surface area contributed by atoms with Crippen LogP contribution in [0.1, 0.15) is 26.3 Å². The molecule has 1 atom stereocenters. The Morgan fingerprint density at radius 1 is 1.35 bits per heavy atom. The van der Waals surface area contributed by atoms with Crippen molar-refractivity contribution >= 4 is 16.8 Å². The standard InChI is InChI=1S/C16H23N3O/c1-16(2,3)19-15(20)11(9-17)8-12-10-18-14-7-5-4-6-13(12)14/h4-7,10-11,18H,8-9,17H2,1-3H3,(H,19,20). The Morgan fingerprint density at radius 3 is 2.70 bits per heavy atom. The van der Waals surface area contributed by atoms with Gasteiger partial charge in [0.2, 0.25) is 5.91 Å². The topological polar surface area (TPSA) is 70.9 Å². The summed E-state index contributed by atoms with van der Waals surface area (Å²) in [5.74, 6) is -0.182. The zero-order valence-electron chi connectivity index (χ0n) is 12.4. The second-order valence-corrected chi connectivity index (χ2v) is 6.24. The molecule has 1 aromatic carbocycles. The quantitative estimate of drug-likeness (QED) is 0.799. The Kier molecular flexibility index (Phi) is 4.14. The molecule has 1 unspecified atom stereocenters. The molecule has 1 heterocycles. The molecule has 2 rings (SSSR count). The van der Waals surface area contributed by atoms with Gasteiger partial charge in [-0.2, -0.15) is 0 Å². The Bertz CT molecular complexity index is 595. The van der Waals surface area contributed by atoms with Gasteiger partial charge in [0.05, 0.1) is 5.92 Å². The van der Waals surface area contributed by atoms with Crippen LogP contribution in [0.4, 0.5) is 0 Å². The number of amides is 1. The molecule has 0 aliphatic rings. The molecule has 108 valence electrons. The molecule has 4 N–H and O–H groups in total. The van der Waals surface area contributed by atoms with E-state index in [1.165, 1.54) is 0 Å². The van der Waals surface area contributed by atoms with Crippen molar-refractivity contribution in [2.24, 2.45) is 11.7 Å². The van der Waals surface area contributed by atoms with E-state index < -0.39 is 0 Å². The van der Waals surface area contributed by atoms with Crippen LogP contribution in [0.2, 0.25) is 0 Å². The van der Waals surface area contributed by atoms with Crippen LogP contribution in [0.15, 0.2) is 30.5 Å². The maximum absolute atomic E-state index is 12.3. The maximum atomic E-state index is 12.3. The first-order valence-electron chi connectivity index (χ1n) is 6.98. The van der Waals surface area contributed by atoms with Crippen LogP contribution in [0.5, 0.6) is 0 Å². The lowest BCUT2D eigenvalue weighted by atomic mass is 9.96. The number of hydrogen-bond acceptors (Lipinski definition) is 2. The lowest BCUT2D eigenvalue weighted by Gasteiger charge is -2.24. The fourth-order valence-corrected chi connectivity index (χ4v) is 2.32. The van der Waals surface area contributed by atoms with Crippen molar-refractivity contribution in [1.82, 2.24) is 10.3 Å². The number of H-pyrrole nitrogens is 1. The maximum Gasteiger partial charge on any atom is 0.225 e. The molecule has 0 saturated heterocycles. The summed E-state index contributed by atoms with van der Waals surface area (Å²) in [6.07, 6.45) is 2.63. The highest BCUT2D eigenvalue weighted by Gasteiger charge is 2.22. The molecular weight excluding hydrogens is 250 g/mol. The van der Waals surface area contributed by atoms with Crippen LogP contribution in [0.3, 0.4) is 0 Å². The first kappa shape index (κ1) is 14.6. The van der Waals surface area contributed by atoms with Crippen molar-refractivity contribution in [3.05, 3.63) is 36.0 Å². The van der Waals surface area contributed by atoms with E-state index in [1.807, 2.05) is 45.2 Å². The second kappa shape index (κ2) is 5.67. The van der Waals surface area contributed by atoms with Gasteiger partial charge >= 0.3 is 0 Å². The predicted molar refractivity (Wildman–Crippen MR) is 82.4 cm³/mol. The van der Waals surface area contributed by atoms with Crippen molar-refractivity contribution in [1.29, 1.82) is 0 Å². The zero-order valence-corrected chi connectivity index (χ0v) is 12.4. The number of para-hydroxylation sites is 1. The third kappa shape index (κ3) is 3.39. The minimum Gasteiger partial charge on any atom is -0.361 e. The molecule has 0 bridgehead atoms. The van der Waals surface area contributed by atoms with Crippen LogP contribution >= 0.6 is 0 Å². The predicted octanol–water partition coefficient (Wildman–Crippen LogP) is 2.20. The summed E-state index contributed by atoms with van der Waals surface area (Å²) >= 11 is 0. The Hall–Kier alpha value is -1.81. The molecule has 1 aromatic heterocycles. The fourth-order valence-electron chi connectivity index (χ4n) is 2.32. The molecule has 0 saturated carbocycles. The number of fused-ring (bicyclic) bond motifs is 1. The first-order valence-corrected chi connectivity index (χ1v) is 6.98. The molecule has 2 aromatic rings. The van der Waals surface area contributed by atoms with Gasteiger partial charge in [-0.25, -0.2) is 0 Å². The Labute approximate surface area is 119 Å². The molecule has 4 heteroatoms. The third-order valence-electron chi connectivity index (χ3n) is 3.29. The highest BCUT2D eigenvalue weighted by Crippen LogP contribution is 2.21. The molecule has 0 spiro atoms. The van der Waals surface area contributed by atoms with E-state index >= 15 is 0 Å². The largest absolute Gasteiger partial charge is 0.361 e. The number of aromatic amines is 1. The number of aromatic nitrogens is 1. The molecular formula is C16H23N3O. The van der Waals surface area contributed by atoms with E-state index in [4.69, 9.17) is 5.73 Å². The summed E-state index contributed by atoms with van der Waals surface area (Å²) in [7, 11) is 0. The number of nitrogens with two attached hydrogens (primary N) is 1. The lowest BCUT2D eigenvalue weighted by molar-refractivity contribution is -0.126. The summed E-state index contributed by atoms with van der Waals surface area (Å²) in [5, 5.41) is 4.16. The molecule has 0 aliphatic carbocycles. The van der Waals surface area contributed by atoms with Crippen LogP contribution in [0.25, 0.3) is 10.9 Å². The van der Waals surface area contributed by atoms with Crippen molar-refractivity contribution < 1.29 is 4.79 Å². The van der Waals surface area contributed by atoms with E-state index in [-0.39, 0.29) is 17.4 Å². The van der Waals surface area contributed by atoms with Gasteiger partial charge in [0.15, 0.2) is 0 Å². The molecule has 1 amide bonds. The van der Waals surface area contributed by atoms with E-state index in [2.05, 4.69) is 16.4 Å². The average Bonchev–Trinajstić information content (AvgIpc) is 2.77. The van der Waals surface area contributed by atoms with Gasteiger partial charge in [-0.15, -0.1) is 0 Å². The van der Waals surface area contributed by atoms with E-state index in [1.54, 1.807) is 0 Å². The molecule has 4 nitrogen and oxygen atoms in total. The normalized spacial score (nSPS) is 13.4. The number of rotatable bonds is 4. The third-order valence-corrected chi connectivity index (χ3v) is 3.29. The SMILES string of the molecule is CC(C)(C)NC(=O)C(CN)Cc1c[nH]c2ccccc12. The monoisotopic (exact) mass is 273 g/mol. The lowest BCUT2D eigenvalue weighted by Crippen LogP contribution is -2.46. The van der Waals surface area contributed by atoms with Gasteiger partial charge in [-0.05, 0) is 38.8 Å². The first-order chi connectivity index (χ1) is 9.40.